The Morgan fingerprint density at radius 3 is 2.52 bits per heavy atom. The molecule has 1 fully saturated rings. The Morgan fingerprint density at radius 1 is 1.19 bits per heavy atom. The average molecular weight is 290 g/mol. The molecule has 1 aliphatic heterocycles. The molecule has 1 heterocycles. The zero-order valence-electron chi connectivity index (χ0n) is 13.0. The molecule has 0 radical (unpaired) electrons. The van der Waals surface area contributed by atoms with Crippen LogP contribution in [-0.2, 0) is 0 Å². The molecule has 0 bridgehead atoms. The van der Waals surface area contributed by atoms with Gasteiger partial charge in [-0.15, -0.1) is 0 Å². The van der Waals surface area contributed by atoms with Crippen molar-refractivity contribution in [3.63, 3.8) is 0 Å². The van der Waals surface area contributed by atoms with Crippen LogP contribution >= 0.6 is 0 Å². The molecule has 0 aromatic heterocycles. The summed E-state index contributed by atoms with van der Waals surface area (Å²) in [4.78, 5) is 16.6. The maximum atomic E-state index is 11.8. The smallest absolute Gasteiger partial charge is 0.319 e. The second-order valence-corrected chi connectivity index (χ2v) is 5.91. The fraction of sp³-hybridized carbons (Fsp3) is 0.562. The Bertz CT molecular complexity index is 429. The number of benzene rings is 1. The van der Waals surface area contributed by atoms with E-state index in [-0.39, 0.29) is 6.03 Å². The van der Waals surface area contributed by atoms with E-state index in [1.807, 2.05) is 30.3 Å². The highest BCUT2D eigenvalue weighted by Gasteiger charge is 2.16. The summed E-state index contributed by atoms with van der Waals surface area (Å²) in [5, 5.41) is 5.78. The van der Waals surface area contributed by atoms with Gasteiger partial charge in [-0.3, -0.25) is 0 Å². The van der Waals surface area contributed by atoms with Gasteiger partial charge in [0.25, 0.3) is 0 Å². The minimum Gasteiger partial charge on any atom is -0.338 e. The van der Waals surface area contributed by atoms with Crippen LogP contribution in [0.2, 0.25) is 0 Å². The number of amides is 2. The van der Waals surface area contributed by atoms with Crippen LogP contribution in [-0.4, -0.2) is 62.1 Å². The number of nitrogens with one attached hydrogen (secondary N) is 2. The van der Waals surface area contributed by atoms with E-state index in [9.17, 15) is 4.79 Å². The number of anilines is 1. The number of carbonyl (C=O) groups is 1. The molecule has 2 rings (SSSR count). The van der Waals surface area contributed by atoms with E-state index >= 15 is 0 Å². The van der Waals surface area contributed by atoms with Gasteiger partial charge in [-0.25, -0.2) is 4.79 Å². The summed E-state index contributed by atoms with van der Waals surface area (Å²) < 4.78 is 0. The summed E-state index contributed by atoms with van der Waals surface area (Å²) >= 11 is 0. The van der Waals surface area contributed by atoms with Crippen LogP contribution in [0.4, 0.5) is 10.5 Å². The molecular formula is C16H26N4O. The van der Waals surface area contributed by atoms with Gasteiger partial charge in [0.15, 0.2) is 0 Å². The first-order valence-electron chi connectivity index (χ1n) is 7.64. The van der Waals surface area contributed by atoms with Crippen molar-refractivity contribution in [1.29, 1.82) is 0 Å². The minimum atomic E-state index is -0.133. The number of hydrogen-bond acceptors (Lipinski definition) is 3. The number of carbonyl (C=O) groups excluding carboxylic acids is 1. The van der Waals surface area contributed by atoms with Crippen molar-refractivity contribution in [3.8, 4) is 0 Å². The molecule has 116 valence electrons. The topological polar surface area (TPSA) is 47.6 Å². The highest BCUT2D eigenvalue weighted by molar-refractivity contribution is 5.89. The molecule has 1 aliphatic rings. The van der Waals surface area contributed by atoms with E-state index in [0.29, 0.717) is 12.5 Å². The normalized spacial score (nSPS) is 18.2. The van der Waals surface area contributed by atoms with Crippen molar-refractivity contribution < 1.29 is 4.79 Å². The molecule has 1 unspecified atom stereocenters. The Morgan fingerprint density at radius 2 is 1.86 bits per heavy atom. The van der Waals surface area contributed by atoms with Crippen molar-refractivity contribution in [2.45, 2.75) is 6.92 Å². The third-order valence-electron chi connectivity index (χ3n) is 3.81. The number of likely N-dealkylation sites (N-methyl/N-ethyl adjacent to an activating group) is 1. The van der Waals surface area contributed by atoms with Crippen molar-refractivity contribution in [2.75, 3.05) is 51.6 Å². The van der Waals surface area contributed by atoms with Crippen LogP contribution in [0.1, 0.15) is 6.92 Å². The van der Waals surface area contributed by atoms with Gasteiger partial charge >= 0.3 is 6.03 Å². The lowest BCUT2D eigenvalue weighted by atomic mass is 10.1. The summed E-state index contributed by atoms with van der Waals surface area (Å²) in [6.07, 6.45) is 0. The molecule has 1 aromatic carbocycles. The number of piperazine rings is 1. The average Bonchev–Trinajstić information content (AvgIpc) is 2.49. The van der Waals surface area contributed by atoms with Crippen molar-refractivity contribution in [1.82, 2.24) is 15.1 Å². The number of urea groups is 1. The van der Waals surface area contributed by atoms with Gasteiger partial charge < -0.3 is 20.4 Å². The van der Waals surface area contributed by atoms with E-state index in [4.69, 9.17) is 0 Å². The first-order valence-corrected chi connectivity index (χ1v) is 7.64. The number of nitrogens with zero attached hydrogens (tertiary/aromatic N) is 2. The summed E-state index contributed by atoms with van der Waals surface area (Å²) in [5.74, 6) is 0.454. The van der Waals surface area contributed by atoms with Gasteiger partial charge in [-0.2, -0.15) is 0 Å². The van der Waals surface area contributed by atoms with Crippen molar-refractivity contribution in [3.05, 3.63) is 30.3 Å². The summed E-state index contributed by atoms with van der Waals surface area (Å²) in [6.45, 7) is 8.43. The third kappa shape index (κ3) is 5.73. The minimum absolute atomic E-state index is 0.133. The molecule has 1 aromatic rings. The Labute approximate surface area is 127 Å². The van der Waals surface area contributed by atoms with Crippen LogP contribution in [0.25, 0.3) is 0 Å². The fourth-order valence-electron chi connectivity index (χ4n) is 2.50. The summed E-state index contributed by atoms with van der Waals surface area (Å²) in [5.41, 5.74) is 0.821. The fourth-order valence-corrected chi connectivity index (χ4v) is 2.50. The van der Waals surface area contributed by atoms with E-state index < -0.39 is 0 Å². The number of rotatable bonds is 5. The third-order valence-corrected chi connectivity index (χ3v) is 3.81. The molecular weight excluding hydrogens is 264 g/mol. The predicted octanol–water partition coefficient (Wildman–Crippen LogP) is 1.69. The van der Waals surface area contributed by atoms with Crippen LogP contribution in [0, 0.1) is 5.92 Å². The maximum absolute atomic E-state index is 11.8. The predicted molar refractivity (Wildman–Crippen MR) is 86.6 cm³/mol. The first-order chi connectivity index (χ1) is 10.1. The monoisotopic (exact) mass is 290 g/mol. The van der Waals surface area contributed by atoms with E-state index in [2.05, 4.69) is 34.4 Å². The van der Waals surface area contributed by atoms with Crippen LogP contribution in [0.15, 0.2) is 30.3 Å². The van der Waals surface area contributed by atoms with E-state index in [1.54, 1.807) is 0 Å². The quantitative estimate of drug-likeness (QED) is 0.867. The molecule has 0 spiro atoms. The highest BCUT2D eigenvalue weighted by Crippen LogP contribution is 2.06. The molecule has 2 N–H and O–H groups in total. The molecule has 0 saturated carbocycles. The lowest BCUT2D eigenvalue weighted by Gasteiger charge is -2.33. The standard InChI is InChI=1S/C16H26N4O/c1-14(13-20-10-8-19(2)9-11-20)12-17-16(21)18-15-6-4-3-5-7-15/h3-7,14H,8-13H2,1-2H3,(H2,17,18,21). The molecule has 0 aliphatic carbocycles. The molecule has 5 nitrogen and oxygen atoms in total. The van der Waals surface area contributed by atoms with Gasteiger partial charge in [0, 0.05) is 45.0 Å². The molecule has 21 heavy (non-hydrogen) atoms. The van der Waals surface area contributed by atoms with Crippen LogP contribution in [0.5, 0.6) is 0 Å². The zero-order valence-corrected chi connectivity index (χ0v) is 13.0. The largest absolute Gasteiger partial charge is 0.338 e. The second kappa shape index (κ2) is 8.00. The summed E-state index contributed by atoms with van der Waals surface area (Å²) in [7, 11) is 2.16. The lowest BCUT2D eigenvalue weighted by molar-refractivity contribution is 0.138. The molecule has 1 atom stereocenters. The Balaban J connectivity index is 1.64. The second-order valence-electron chi connectivity index (χ2n) is 5.91. The SMILES string of the molecule is CC(CNC(=O)Nc1ccccc1)CN1CCN(C)CC1. The Kier molecular flexibility index (Phi) is 6.02. The Hall–Kier alpha value is -1.59. The van der Waals surface area contributed by atoms with Crippen molar-refractivity contribution >= 4 is 11.7 Å². The lowest BCUT2D eigenvalue weighted by Crippen LogP contribution is -2.47. The van der Waals surface area contributed by atoms with Gasteiger partial charge in [0.2, 0.25) is 0 Å². The van der Waals surface area contributed by atoms with Gasteiger partial charge in [0.1, 0.15) is 0 Å². The van der Waals surface area contributed by atoms with Crippen LogP contribution < -0.4 is 10.6 Å². The van der Waals surface area contributed by atoms with Crippen LogP contribution in [0.3, 0.4) is 0 Å². The molecule has 2 amide bonds. The number of para-hydroxylation sites is 1. The van der Waals surface area contributed by atoms with Gasteiger partial charge in [-0.05, 0) is 25.1 Å². The maximum Gasteiger partial charge on any atom is 0.319 e. The number of hydrogen-bond donors (Lipinski definition) is 2. The molecule has 5 heteroatoms. The zero-order chi connectivity index (χ0) is 15.1. The van der Waals surface area contributed by atoms with Crippen molar-refractivity contribution in [2.24, 2.45) is 5.92 Å². The first kappa shape index (κ1) is 15.8. The summed E-state index contributed by atoms with van der Waals surface area (Å²) in [6, 6.07) is 9.38. The van der Waals surface area contributed by atoms with E-state index in [0.717, 1.165) is 38.4 Å². The molecule has 1 saturated heterocycles. The van der Waals surface area contributed by atoms with E-state index in [1.165, 1.54) is 0 Å². The van der Waals surface area contributed by atoms with Gasteiger partial charge in [0.05, 0.1) is 0 Å². The van der Waals surface area contributed by atoms with Gasteiger partial charge in [-0.1, -0.05) is 25.1 Å². The highest BCUT2D eigenvalue weighted by atomic mass is 16.2.